The summed E-state index contributed by atoms with van der Waals surface area (Å²) in [6.45, 7) is 2.04. The van der Waals surface area contributed by atoms with Gasteiger partial charge in [-0.3, -0.25) is 4.79 Å². The molecule has 0 spiro atoms. The van der Waals surface area contributed by atoms with E-state index in [1.165, 1.54) is 0 Å². The number of aromatic amines is 1. The van der Waals surface area contributed by atoms with E-state index in [9.17, 15) is 4.79 Å². The highest BCUT2D eigenvalue weighted by molar-refractivity contribution is 5.85. The molecule has 2 rings (SSSR count). The summed E-state index contributed by atoms with van der Waals surface area (Å²) in [6.07, 6.45) is 3.56. The van der Waals surface area contributed by atoms with Gasteiger partial charge in [0.1, 0.15) is 6.04 Å². The van der Waals surface area contributed by atoms with Crippen LogP contribution in [0.1, 0.15) is 31.2 Å². The molecule has 2 unspecified atom stereocenters. The van der Waals surface area contributed by atoms with E-state index in [4.69, 9.17) is 10.8 Å². The zero-order valence-corrected chi connectivity index (χ0v) is 10.4. The Hall–Kier alpha value is -1.81. The van der Waals surface area contributed by atoms with Crippen molar-refractivity contribution in [3.63, 3.8) is 0 Å². The van der Waals surface area contributed by atoms with E-state index in [-0.39, 0.29) is 5.92 Å². The maximum atomic E-state index is 11.1. The molecule has 0 radical (unpaired) electrons. The molecule has 0 fully saturated rings. The first kappa shape index (κ1) is 12.6. The van der Waals surface area contributed by atoms with Crippen molar-refractivity contribution in [3.05, 3.63) is 36.0 Å². The summed E-state index contributed by atoms with van der Waals surface area (Å²) >= 11 is 0. The summed E-state index contributed by atoms with van der Waals surface area (Å²) in [5.41, 5.74) is 7.84. The maximum Gasteiger partial charge on any atom is 0.321 e. The van der Waals surface area contributed by atoms with Crippen LogP contribution in [0.2, 0.25) is 0 Å². The average molecular weight is 246 g/mol. The molecule has 4 nitrogen and oxygen atoms in total. The van der Waals surface area contributed by atoms with Crippen LogP contribution in [0, 0.1) is 0 Å². The summed E-state index contributed by atoms with van der Waals surface area (Å²) in [6, 6.07) is 7.03. The Morgan fingerprint density at radius 2 is 2.17 bits per heavy atom. The maximum absolute atomic E-state index is 11.1. The van der Waals surface area contributed by atoms with Gasteiger partial charge in [-0.1, -0.05) is 31.5 Å². The number of hydrogen-bond acceptors (Lipinski definition) is 2. The number of carboxylic acid groups (broad SMARTS) is 1. The Morgan fingerprint density at radius 1 is 1.44 bits per heavy atom. The molecule has 0 aliphatic heterocycles. The molecule has 96 valence electrons. The molecule has 4 N–H and O–H groups in total. The van der Waals surface area contributed by atoms with Crippen molar-refractivity contribution in [2.75, 3.05) is 0 Å². The second kappa shape index (κ2) is 5.23. The number of aromatic nitrogens is 1. The molecule has 1 aromatic heterocycles. The minimum atomic E-state index is -0.946. The second-order valence-corrected chi connectivity index (χ2v) is 4.55. The molecule has 0 saturated heterocycles. The van der Waals surface area contributed by atoms with Crippen LogP contribution in [0.25, 0.3) is 10.9 Å². The third-order valence-corrected chi connectivity index (χ3v) is 3.34. The lowest BCUT2D eigenvalue weighted by Crippen LogP contribution is -2.36. The van der Waals surface area contributed by atoms with Gasteiger partial charge in [0.2, 0.25) is 0 Å². The Morgan fingerprint density at radius 3 is 2.83 bits per heavy atom. The molecule has 2 aromatic rings. The summed E-state index contributed by atoms with van der Waals surface area (Å²) in [7, 11) is 0. The lowest BCUT2D eigenvalue weighted by molar-refractivity contribution is -0.139. The summed E-state index contributed by atoms with van der Waals surface area (Å²) in [5.74, 6) is -1.10. The molecule has 1 heterocycles. The van der Waals surface area contributed by atoms with Crippen molar-refractivity contribution < 1.29 is 9.90 Å². The van der Waals surface area contributed by atoms with Gasteiger partial charge in [0, 0.05) is 23.0 Å². The number of para-hydroxylation sites is 1. The fourth-order valence-electron chi connectivity index (χ4n) is 2.41. The van der Waals surface area contributed by atoms with E-state index in [2.05, 4.69) is 4.98 Å². The summed E-state index contributed by atoms with van der Waals surface area (Å²) in [5, 5.41) is 10.2. The number of nitrogens with two attached hydrogens (primary N) is 1. The molecule has 2 atom stereocenters. The molecule has 0 bridgehead atoms. The second-order valence-electron chi connectivity index (χ2n) is 4.55. The van der Waals surface area contributed by atoms with Crippen LogP contribution in [-0.4, -0.2) is 22.1 Å². The minimum absolute atomic E-state index is 0.149. The molecule has 1 aromatic carbocycles. The number of carboxylic acids is 1. The Bertz CT molecular complexity index is 547. The number of rotatable bonds is 5. The van der Waals surface area contributed by atoms with Gasteiger partial charge in [-0.2, -0.15) is 0 Å². The van der Waals surface area contributed by atoms with Crippen molar-refractivity contribution >= 4 is 16.9 Å². The van der Waals surface area contributed by atoms with Crippen LogP contribution >= 0.6 is 0 Å². The minimum Gasteiger partial charge on any atom is -0.480 e. The Kier molecular flexibility index (Phi) is 3.67. The standard InChI is InChI=1S/C14H18N2O2/c1-2-5-10(13(15)14(17)18)11-8-16-12-7-4-3-6-9(11)12/h3-4,6-8,10,13,16H,2,5,15H2,1H3,(H,17,18). The Balaban J connectivity index is 2.44. The van der Waals surface area contributed by atoms with Crippen LogP contribution in [0.3, 0.4) is 0 Å². The first-order chi connectivity index (χ1) is 8.65. The van der Waals surface area contributed by atoms with Gasteiger partial charge < -0.3 is 15.8 Å². The van der Waals surface area contributed by atoms with Crippen LogP contribution in [0.15, 0.2) is 30.5 Å². The Labute approximate surface area is 106 Å². The average Bonchev–Trinajstić information content (AvgIpc) is 2.79. The van der Waals surface area contributed by atoms with Crippen molar-refractivity contribution in [1.82, 2.24) is 4.98 Å². The molecule has 0 saturated carbocycles. The van der Waals surface area contributed by atoms with Gasteiger partial charge in [0.05, 0.1) is 0 Å². The van der Waals surface area contributed by atoms with Gasteiger partial charge in [-0.05, 0) is 18.1 Å². The van der Waals surface area contributed by atoms with Gasteiger partial charge in [0.15, 0.2) is 0 Å². The predicted octanol–water partition coefficient (Wildman–Crippen LogP) is 2.46. The topological polar surface area (TPSA) is 79.1 Å². The molecule has 18 heavy (non-hydrogen) atoms. The third kappa shape index (κ3) is 2.24. The first-order valence-corrected chi connectivity index (χ1v) is 6.19. The monoisotopic (exact) mass is 246 g/mol. The quantitative estimate of drug-likeness (QED) is 0.758. The number of nitrogens with one attached hydrogen (secondary N) is 1. The third-order valence-electron chi connectivity index (χ3n) is 3.34. The fourth-order valence-corrected chi connectivity index (χ4v) is 2.41. The van der Waals surface area contributed by atoms with Crippen molar-refractivity contribution in [1.29, 1.82) is 0 Å². The lowest BCUT2D eigenvalue weighted by atomic mass is 9.88. The molecule has 0 amide bonds. The molecular weight excluding hydrogens is 228 g/mol. The molecular formula is C14H18N2O2. The lowest BCUT2D eigenvalue weighted by Gasteiger charge is -2.19. The smallest absolute Gasteiger partial charge is 0.321 e. The zero-order valence-electron chi connectivity index (χ0n) is 10.4. The van der Waals surface area contributed by atoms with E-state index in [0.717, 1.165) is 29.3 Å². The van der Waals surface area contributed by atoms with Crippen LogP contribution in [-0.2, 0) is 4.79 Å². The summed E-state index contributed by atoms with van der Waals surface area (Å²) < 4.78 is 0. The highest BCUT2D eigenvalue weighted by atomic mass is 16.4. The molecule has 4 heteroatoms. The van der Waals surface area contributed by atoms with Crippen LogP contribution in [0.4, 0.5) is 0 Å². The molecule has 0 aliphatic carbocycles. The number of carbonyl (C=O) groups is 1. The van der Waals surface area contributed by atoms with Crippen LogP contribution in [0.5, 0.6) is 0 Å². The fraction of sp³-hybridized carbons (Fsp3) is 0.357. The molecule has 0 aliphatic rings. The van der Waals surface area contributed by atoms with Gasteiger partial charge in [-0.25, -0.2) is 0 Å². The number of H-pyrrole nitrogens is 1. The summed E-state index contributed by atoms with van der Waals surface area (Å²) in [4.78, 5) is 14.3. The van der Waals surface area contributed by atoms with E-state index >= 15 is 0 Å². The zero-order chi connectivity index (χ0) is 13.1. The van der Waals surface area contributed by atoms with Gasteiger partial charge in [-0.15, -0.1) is 0 Å². The van der Waals surface area contributed by atoms with E-state index in [0.29, 0.717) is 0 Å². The highest BCUT2D eigenvalue weighted by Gasteiger charge is 2.26. The van der Waals surface area contributed by atoms with Crippen molar-refractivity contribution in [2.45, 2.75) is 31.7 Å². The van der Waals surface area contributed by atoms with Crippen molar-refractivity contribution in [3.8, 4) is 0 Å². The SMILES string of the molecule is CCCC(c1c[nH]c2ccccc12)C(N)C(=O)O. The predicted molar refractivity (Wildman–Crippen MR) is 71.6 cm³/mol. The van der Waals surface area contributed by atoms with E-state index < -0.39 is 12.0 Å². The largest absolute Gasteiger partial charge is 0.480 e. The van der Waals surface area contributed by atoms with Gasteiger partial charge >= 0.3 is 5.97 Å². The number of hydrogen-bond donors (Lipinski definition) is 3. The van der Waals surface area contributed by atoms with E-state index in [1.807, 2.05) is 37.4 Å². The van der Waals surface area contributed by atoms with E-state index in [1.54, 1.807) is 0 Å². The van der Waals surface area contributed by atoms with Crippen LogP contribution < -0.4 is 5.73 Å². The van der Waals surface area contributed by atoms with Gasteiger partial charge in [0.25, 0.3) is 0 Å². The first-order valence-electron chi connectivity index (χ1n) is 6.19. The number of aliphatic carboxylic acids is 1. The highest BCUT2D eigenvalue weighted by Crippen LogP contribution is 2.30. The van der Waals surface area contributed by atoms with Crippen molar-refractivity contribution in [2.24, 2.45) is 5.73 Å². The normalized spacial score (nSPS) is 14.6. The number of fused-ring (bicyclic) bond motifs is 1. The number of benzene rings is 1.